The van der Waals surface area contributed by atoms with Crippen LogP contribution in [0.2, 0.25) is 0 Å². The van der Waals surface area contributed by atoms with Gasteiger partial charge in [0.05, 0.1) is 35.9 Å². The van der Waals surface area contributed by atoms with Gasteiger partial charge in [-0.3, -0.25) is 4.79 Å². The second-order valence-electron chi connectivity index (χ2n) is 10.4. The van der Waals surface area contributed by atoms with Gasteiger partial charge in [0.2, 0.25) is 0 Å². The quantitative estimate of drug-likeness (QED) is 0.223. The molecule has 3 aromatic rings. The van der Waals surface area contributed by atoms with Gasteiger partial charge in [0.25, 0.3) is 5.91 Å². The van der Waals surface area contributed by atoms with Crippen LogP contribution in [0.5, 0.6) is 0 Å². The molecule has 1 atom stereocenters. The number of aliphatic hydroxyl groups excluding tert-OH is 1. The van der Waals surface area contributed by atoms with E-state index in [1.54, 1.807) is 30.3 Å². The van der Waals surface area contributed by atoms with E-state index in [0.29, 0.717) is 35.9 Å². The monoisotopic (exact) mass is 558 g/mol. The van der Waals surface area contributed by atoms with Crippen molar-refractivity contribution in [1.29, 1.82) is 0 Å². The Hall–Kier alpha value is -4.12. The van der Waals surface area contributed by atoms with Crippen LogP contribution in [0, 0.1) is 12.7 Å². The average molecular weight is 559 g/mol. The third-order valence-corrected chi connectivity index (χ3v) is 7.44. The number of rotatable bonds is 7. The lowest BCUT2D eigenvalue weighted by Gasteiger charge is -2.30. The minimum Gasteiger partial charge on any atom is -0.378 e. The van der Waals surface area contributed by atoms with Crippen LogP contribution in [-0.4, -0.2) is 54.2 Å². The summed E-state index contributed by atoms with van der Waals surface area (Å²) in [7, 11) is 0. The standard InChI is InChI=1S/C31H35FN6O3/c1-19-4-5-22-6-9-24(35-31(40)27-18-34-28(16-20(27)2)37-12-14-41-15-13-37)17-26(22)29(19)38(36-21(3)30(33)39)25-10-7-23(32)8-11-25/h6-11,16-18,30,39H,4-5,12-15,33H2,1-3H3,(H,35,40)/b36-21+. The van der Waals surface area contributed by atoms with Gasteiger partial charge in [-0.1, -0.05) is 6.07 Å². The molecule has 9 nitrogen and oxygen atoms in total. The Morgan fingerprint density at radius 3 is 2.56 bits per heavy atom. The number of benzene rings is 2. The number of fused-ring (bicyclic) bond motifs is 1. The molecule has 2 aromatic carbocycles. The van der Waals surface area contributed by atoms with Crippen LogP contribution in [0.4, 0.5) is 21.6 Å². The predicted molar refractivity (Wildman–Crippen MR) is 159 cm³/mol. The minimum atomic E-state index is -1.25. The number of carbonyl (C=O) groups excluding carboxylic acids is 1. The first-order valence-corrected chi connectivity index (χ1v) is 13.7. The number of amides is 1. The Kier molecular flexibility index (Phi) is 8.44. The molecule has 1 amide bonds. The van der Waals surface area contributed by atoms with Crippen molar-refractivity contribution in [2.24, 2.45) is 10.8 Å². The largest absolute Gasteiger partial charge is 0.378 e. The van der Waals surface area contributed by atoms with Crippen molar-refractivity contribution >= 4 is 34.5 Å². The maximum absolute atomic E-state index is 13.8. The topological polar surface area (TPSA) is 116 Å². The lowest BCUT2D eigenvalue weighted by atomic mass is 9.89. The number of morpholine rings is 1. The van der Waals surface area contributed by atoms with Crippen LogP contribution in [0.3, 0.4) is 0 Å². The van der Waals surface area contributed by atoms with E-state index in [2.05, 4.69) is 20.3 Å². The maximum Gasteiger partial charge on any atom is 0.257 e. The number of ether oxygens (including phenoxy) is 1. The summed E-state index contributed by atoms with van der Waals surface area (Å²) < 4.78 is 19.2. The Bertz CT molecular complexity index is 1500. The van der Waals surface area contributed by atoms with Gasteiger partial charge in [0.15, 0.2) is 0 Å². The SMILES string of the molecule is CC1=C(N(/N=C(\C)C(N)O)c2ccc(F)cc2)c2cc(NC(=O)c3cnc(N4CCOCC4)cc3C)ccc2CC1. The van der Waals surface area contributed by atoms with Crippen LogP contribution in [0.1, 0.15) is 47.3 Å². The molecular weight excluding hydrogens is 523 g/mol. The van der Waals surface area contributed by atoms with E-state index in [1.165, 1.54) is 12.1 Å². The number of aryl methyl sites for hydroxylation is 2. The molecule has 1 unspecified atom stereocenters. The van der Waals surface area contributed by atoms with Crippen molar-refractivity contribution in [3.05, 3.63) is 88.4 Å². The fourth-order valence-corrected chi connectivity index (χ4v) is 5.04. The molecule has 2 heterocycles. The molecular formula is C31H35FN6O3. The third-order valence-electron chi connectivity index (χ3n) is 7.44. The van der Waals surface area contributed by atoms with Crippen LogP contribution < -0.4 is 21.0 Å². The second kappa shape index (κ2) is 12.2. The number of hydrogen-bond donors (Lipinski definition) is 3. The molecule has 1 aliphatic heterocycles. The Balaban J connectivity index is 1.46. The first-order valence-electron chi connectivity index (χ1n) is 13.7. The highest BCUT2D eigenvalue weighted by Crippen LogP contribution is 2.38. The summed E-state index contributed by atoms with van der Waals surface area (Å²) in [5.41, 5.74) is 12.4. The molecule has 4 N–H and O–H groups in total. The molecule has 5 rings (SSSR count). The molecule has 214 valence electrons. The number of pyridine rings is 1. The second-order valence-corrected chi connectivity index (χ2v) is 10.4. The van der Waals surface area contributed by atoms with Crippen molar-refractivity contribution in [3.63, 3.8) is 0 Å². The number of carbonyl (C=O) groups is 1. The number of nitrogens with two attached hydrogens (primary N) is 1. The molecule has 1 saturated heterocycles. The molecule has 0 radical (unpaired) electrons. The van der Waals surface area contributed by atoms with E-state index in [4.69, 9.17) is 10.5 Å². The zero-order valence-electron chi connectivity index (χ0n) is 23.5. The molecule has 0 saturated carbocycles. The molecule has 0 bridgehead atoms. The molecule has 1 aromatic heterocycles. The molecule has 1 fully saturated rings. The van der Waals surface area contributed by atoms with E-state index in [1.807, 2.05) is 38.1 Å². The van der Waals surface area contributed by atoms with Gasteiger partial charge in [-0.2, -0.15) is 5.10 Å². The van der Waals surface area contributed by atoms with Crippen LogP contribution in [0.25, 0.3) is 5.70 Å². The van der Waals surface area contributed by atoms with E-state index in [-0.39, 0.29) is 11.7 Å². The highest BCUT2D eigenvalue weighted by molar-refractivity contribution is 6.05. The lowest BCUT2D eigenvalue weighted by molar-refractivity contribution is 0.102. The van der Waals surface area contributed by atoms with Gasteiger partial charge in [-0.05, 0) is 92.8 Å². The summed E-state index contributed by atoms with van der Waals surface area (Å²) in [6.45, 7) is 8.43. The molecule has 41 heavy (non-hydrogen) atoms. The summed E-state index contributed by atoms with van der Waals surface area (Å²) in [4.78, 5) is 20.0. The number of nitrogens with zero attached hydrogens (tertiary/aromatic N) is 4. The van der Waals surface area contributed by atoms with Crippen LogP contribution in [0.15, 0.2) is 65.4 Å². The zero-order valence-corrected chi connectivity index (χ0v) is 23.5. The number of allylic oxidation sites excluding steroid dienone is 1. The molecule has 2 aliphatic rings. The maximum atomic E-state index is 13.8. The van der Waals surface area contributed by atoms with Gasteiger partial charge in [-0.25, -0.2) is 14.4 Å². The lowest BCUT2D eigenvalue weighted by Crippen LogP contribution is -2.36. The zero-order chi connectivity index (χ0) is 29.1. The highest BCUT2D eigenvalue weighted by atomic mass is 19.1. The average Bonchev–Trinajstić information content (AvgIpc) is 2.97. The smallest absolute Gasteiger partial charge is 0.257 e. The Morgan fingerprint density at radius 2 is 1.88 bits per heavy atom. The van der Waals surface area contributed by atoms with E-state index in [0.717, 1.165) is 59.7 Å². The van der Waals surface area contributed by atoms with Gasteiger partial charge in [0.1, 0.15) is 17.9 Å². The summed E-state index contributed by atoms with van der Waals surface area (Å²) >= 11 is 0. The number of nitrogens with one attached hydrogen (secondary N) is 1. The van der Waals surface area contributed by atoms with Gasteiger partial charge in [-0.15, -0.1) is 0 Å². The summed E-state index contributed by atoms with van der Waals surface area (Å²) in [6, 6.07) is 13.7. The van der Waals surface area contributed by atoms with E-state index < -0.39 is 6.23 Å². The van der Waals surface area contributed by atoms with E-state index in [9.17, 15) is 14.3 Å². The fraction of sp³-hybridized carbons (Fsp3) is 0.323. The summed E-state index contributed by atoms with van der Waals surface area (Å²) in [6.07, 6.45) is 1.99. The first kappa shape index (κ1) is 28.4. The molecule has 1 aliphatic carbocycles. The number of anilines is 3. The van der Waals surface area contributed by atoms with Crippen molar-refractivity contribution in [2.45, 2.75) is 39.8 Å². The van der Waals surface area contributed by atoms with Gasteiger partial charge in [0, 0.05) is 30.5 Å². The van der Waals surface area contributed by atoms with Crippen LogP contribution >= 0.6 is 0 Å². The first-order chi connectivity index (χ1) is 19.7. The molecule has 10 heteroatoms. The fourth-order valence-electron chi connectivity index (χ4n) is 5.04. The Morgan fingerprint density at radius 1 is 1.15 bits per heavy atom. The van der Waals surface area contributed by atoms with Crippen molar-refractivity contribution in [2.75, 3.05) is 41.5 Å². The number of aromatic nitrogens is 1. The minimum absolute atomic E-state index is 0.253. The van der Waals surface area contributed by atoms with Crippen molar-refractivity contribution in [1.82, 2.24) is 4.98 Å². The highest BCUT2D eigenvalue weighted by Gasteiger charge is 2.25. The normalized spacial score (nSPS) is 16.3. The molecule has 0 spiro atoms. The number of aliphatic hydroxyl groups is 1. The number of hydrogen-bond acceptors (Lipinski definition) is 8. The van der Waals surface area contributed by atoms with Crippen LogP contribution in [-0.2, 0) is 11.2 Å². The number of hydrazone groups is 1. The summed E-state index contributed by atoms with van der Waals surface area (Å²) in [5.74, 6) is 0.216. The third kappa shape index (κ3) is 6.30. The Labute approximate surface area is 239 Å². The summed E-state index contributed by atoms with van der Waals surface area (Å²) in [5, 5.41) is 19.3. The number of halogens is 1. The van der Waals surface area contributed by atoms with Gasteiger partial charge >= 0.3 is 0 Å². The van der Waals surface area contributed by atoms with E-state index >= 15 is 0 Å². The predicted octanol–water partition coefficient (Wildman–Crippen LogP) is 4.45. The van der Waals surface area contributed by atoms with Gasteiger partial charge < -0.3 is 25.8 Å². The van der Waals surface area contributed by atoms with Crippen molar-refractivity contribution < 1.29 is 19.0 Å². The van der Waals surface area contributed by atoms with Crippen molar-refractivity contribution in [3.8, 4) is 0 Å².